The lowest BCUT2D eigenvalue weighted by Crippen LogP contribution is -2.03. The van der Waals surface area contributed by atoms with E-state index in [-0.39, 0.29) is 17.1 Å². The molecule has 3 rings (SSSR count). The minimum absolute atomic E-state index is 0.121. The zero-order valence-corrected chi connectivity index (χ0v) is 13.7. The quantitative estimate of drug-likeness (QED) is 0.558. The van der Waals surface area contributed by atoms with Crippen LogP contribution in [-0.2, 0) is 0 Å². The zero-order valence-electron chi connectivity index (χ0n) is 13.7. The first-order valence-electron chi connectivity index (χ1n) is 7.88. The van der Waals surface area contributed by atoms with Gasteiger partial charge >= 0.3 is 5.97 Å². The van der Waals surface area contributed by atoms with Crippen LogP contribution in [0.1, 0.15) is 21.5 Å². The summed E-state index contributed by atoms with van der Waals surface area (Å²) in [6.07, 6.45) is 3.70. The molecule has 0 unspecified atom stereocenters. The van der Waals surface area contributed by atoms with E-state index in [4.69, 9.17) is 0 Å². The van der Waals surface area contributed by atoms with Crippen molar-refractivity contribution in [3.8, 4) is 5.75 Å². The van der Waals surface area contributed by atoms with Crippen LogP contribution in [-0.4, -0.2) is 16.2 Å². The number of rotatable bonds is 5. The third-order valence-corrected chi connectivity index (χ3v) is 3.76. The van der Waals surface area contributed by atoms with Crippen LogP contribution in [0.5, 0.6) is 5.75 Å². The van der Waals surface area contributed by atoms with Crippen molar-refractivity contribution in [1.29, 1.82) is 0 Å². The number of carboxylic acid groups (broad SMARTS) is 1. The minimum Gasteiger partial charge on any atom is -0.508 e. The molecule has 0 bridgehead atoms. The molecule has 3 aromatic rings. The van der Waals surface area contributed by atoms with E-state index in [9.17, 15) is 19.4 Å². The van der Waals surface area contributed by atoms with Crippen molar-refractivity contribution < 1.29 is 19.4 Å². The number of carbonyl (C=O) groups is 1. The third kappa shape index (κ3) is 4.27. The number of aromatic carboxylic acids is 1. The second-order valence-corrected chi connectivity index (χ2v) is 5.67. The number of carboxylic acids is 1. The molecular weight excluding hydrogens is 333 g/mol. The molecule has 0 aliphatic rings. The summed E-state index contributed by atoms with van der Waals surface area (Å²) in [5.74, 6) is -1.22. The summed E-state index contributed by atoms with van der Waals surface area (Å²) in [6.45, 7) is 0. The summed E-state index contributed by atoms with van der Waals surface area (Å²) in [4.78, 5) is 11.4. The van der Waals surface area contributed by atoms with Gasteiger partial charge in [0.2, 0.25) is 0 Å². The van der Waals surface area contributed by atoms with Gasteiger partial charge in [0.15, 0.2) is 0 Å². The maximum absolute atomic E-state index is 13.0. The van der Waals surface area contributed by atoms with Gasteiger partial charge in [0.05, 0.1) is 11.3 Å². The minimum atomic E-state index is -1.05. The highest BCUT2D eigenvalue weighted by Crippen LogP contribution is 2.24. The number of nitrogens with one attached hydrogen (secondary N) is 1. The van der Waals surface area contributed by atoms with Crippen LogP contribution in [0.3, 0.4) is 0 Å². The number of hydrogen-bond donors (Lipinski definition) is 3. The summed E-state index contributed by atoms with van der Waals surface area (Å²) < 4.78 is 13.0. The average molecular weight is 349 g/mol. The predicted molar refractivity (Wildman–Crippen MR) is 100 cm³/mol. The van der Waals surface area contributed by atoms with Gasteiger partial charge in [0.1, 0.15) is 11.6 Å². The molecule has 0 atom stereocenters. The monoisotopic (exact) mass is 349 g/mol. The third-order valence-electron chi connectivity index (χ3n) is 3.76. The molecule has 5 heteroatoms. The van der Waals surface area contributed by atoms with E-state index in [0.717, 1.165) is 11.1 Å². The van der Waals surface area contributed by atoms with Gasteiger partial charge < -0.3 is 15.5 Å². The molecule has 0 heterocycles. The lowest BCUT2D eigenvalue weighted by atomic mass is 10.1. The van der Waals surface area contributed by atoms with E-state index in [1.54, 1.807) is 48.5 Å². The molecule has 0 aliphatic carbocycles. The fraction of sp³-hybridized carbons (Fsp3) is 0. The number of phenols is 1. The highest BCUT2D eigenvalue weighted by atomic mass is 19.1. The van der Waals surface area contributed by atoms with Gasteiger partial charge in [-0.3, -0.25) is 0 Å². The van der Waals surface area contributed by atoms with Crippen molar-refractivity contribution >= 4 is 29.5 Å². The van der Waals surface area contributed by atoms with Gasteiger partial charge in [-0.1, -0.05) is 30.4 Å². The SMILES string of the molecule is O=C(O)c1ccc(C=Cc2ccc(O)cc2)cc1Nc1ccc(F)cc1. The van der Waals surface area contributed by atoms with Gasteiger partial charge in [-0.15, -0.1) is 0 Å². The number of benzene rings is 3. The van der Waals surface area contributed by atoms with Crippen LogP contribution in [0.25, 0.3) is 12.2 Å². The summed E-state index contributed by atoms with van der Waals surface area (Å²) in [5, 5.41) is 21.7. The van der Waals surface area contributed by atoms with Crippen LogP contribution in [0.15, 0.2) is 66.7 Å². The molecule has 0 fully saturated rings. The molecule has 26 heavy (non-hydrogen) atoms. The normalized spacial score (nSPS) is 10.8. The predicted octanol–water partition coefficient (Wildman–Crippen LogP) is 5.14. The Morgan fingerprint density at radius 3 is 2.15 bits per heavy atom. The fourth-order valence-electron chi connectivity index (χ4n) is 2.42. The van der Waals surface area contributed by atoms with E-state index >= 15 is 0 Å². The van der Waals surface area contributed by atoms with Gasteiger partial charge in [-0.25, -0.2) is 9.18 Å². The molecule has 0 saturated heterocycles. The molecule has 0 aromatic heterocycles. The second-order valence-electron chi connectivity index (χ2n) is 5.67. The molecular formula is C21H16FNO3. The number of anilines is 2. The van der Waals surface area contributed by atoms with E-state index in [2.05, 4.69) is 5.32 Å². The Hall–Kier alpha value is -3.60. The topological polar surface area (TPSA) is 69.6 Å². The van der Waals surface area contributed by atoms with Crippen molar-refractivity contribution in [3.05, 3.63) is 89.2 Å². The van der Waals surface area contributed by atoms with E-state index < -0.39 is 5.97 Å². The maximum Gasteiger partial charge on any atom is 0.337 e. The van der Waals surface area contributed by atoms with Crippen molar-refractivity contribution in [3.63, 3.8) is 0 Å². The lowest BCUT2D eigenvalue weighted by Gasteiger charge is -2.11. The molecule has 130 valence electrons. The molecule has 0 aliphatic heterocycles. The Kier molecular flexibility index (Phi) is 4.99. The largest absolute Gasteiger partial charge is 0.508 e. The second kappa shape index (κ2) is 7.53. The number of phenolic OH excluding ortho intramolecular Hbond substituents is 1. The molecule has 3 aromatic carbocycles. The molecule has 0 spiro atoms. The zero-order chi connectivity index (χ0) is 18.5. The number of halogens is 1. The first kappa shape index (κ1) is 17.2. The number of aromatic hydroxyl groups is 1. The summed E-state index contributed by atoms with van der Waals surface area (Å²) in [7, 11) is 0. The van der Waals surface area contributed by atoms with Crippen LogP contribution in [0.4, 0.5) is 15.8 Å². The van der Waals surface area contributed by atoms with Crippen molar-refractivity contribution in [2.75, 3.05) is 5.32 Å². The van der Waals surface area contributed by atoms with Crippen LogP contribution < -0.4 is 5.32 Å². The average Bonchev–Trinajstić information content (AvgIpc) is 2.63. The Morgan fingerprint density at radius 2 is 1.50 bits per heavy atom. The smallest absolute Gasteiger partial charge is 0.337 e. The molecule has 3 N–H and O–H groups in total. The molecule has 4 nitrogen and oxygen atoms in total. The fourth-order valence-corrected chi connectivity index (χ4v) is 2.42. The van der Waals surface area contributed by atoms with Gasteiger partial charge in [0, 0.05) is 5.69 Å². The van der Waals surface area contributed by atoms with Crippen LogP contribution in [0, 0.1) is 5.82 Å². The Balaban J connectivity index is 1.89. The molecule has 0 saturated carbocycles. The Labute approximate surface area is 149 Å². The summed E-state index contributed by atoms with van der Waals surface area (Å²) in [5.41, 5.74) is 2.83. The van der Waals surface area contributed by atoms with Crippen molar-refractivity contribution in [1.82, 2.24) is 0 Å². The van der Waals surface area contributed by atoms with Gasteiger partial charge in [-0.05, 0) is 59.7 Å². The molecule has 0 radical (unpaired) electrons. The van der Waals surface area contributed by atoms with Crippen molar-refractivity contribution in [2.45, 2.75) is 0 Å². The standard InChI is InChI=1S/C21H16FNO3/c22-16-6-8-17(9-7-16)23-20-13-15(5-12-19(20)21(25)26)2-1-14-3-10-18(24)11-4-14/h1-13,23-24H,(H,25,26). The summed E-state index contributed by atoms with van der Waals surface area (Å²) in [6, 6.07) is 17.4. The molecule has 0 amide bonds. The first-order valence-corrected chi connectivity index (χ1v) is 7.88. The van der Waals surface area contributed by atoms with E-state index in [1.165, 1.54) is 18.2 Å². The van der Waals surface area contributed by atoms with Gasteiger partial charge in [0.25, 0.3) is 0 Å². The van der Waals surface area contributed by atoms with Gasteiger partial charge in [-0.2, -0.15) is 0 Å². The van der Waals surface area contributed by atoms with Crippen molar-refractivity contribution in [2.24, 2.45) is 0 Å². The Bertz CT molecular complexity index is 948. The summed E-state index contributed by atoms with van der Waals surface area (Å²) >= 11 is 0. The maximum atomic E-state index is 13.0. The van der Waals surface area contributed by atoms with E-state index in [0.29, 0.717) is 11.4 Å². The van der Waals surface area contributed by atoms with Crippen LogP contribution in [0.2, 0.25) is 0 Å². The number of hydrogen-bond acceptors (Lipinski definition) is 3. The van der Waals surface area contributed by atoms with E-state index in [1.807, 2.05) is 12.2 Å². The lowest BCUT2D eigenvalue weighted by molar-refractivity contribution is 0.0698. The van der Waals surface area contributed by atoms with Crippen LogP contribution >= 0.6 is 0 Å². The highest BCUT2D eigenvalue weighted by molar-refractivity contribution is 5.96. The first-order chi connectivity index (χ1) is 12.5. The highest BCUT2D eigenvalue weighted by Gasteiger charge is 2.10. The Morgan fingerprint density at radius 1 is 0.885 bits per heavy atom.